The summed E-state index contributed by atoms with van der Waals surface area (Å²) in [5.41, 5.74) is 0.716. The minimum Gasteiger partial charge on any atom is -0.384 e. The smallest absolute Gasteiger partial charge is 0.143 e. The molecule has 0 atom stereocenters. The lowest BCUT2D eigenvalue weighted by Gasteiger charge is -2.05. The van der Waals surface area contributed by atoms with Crippen molar-refractivity contribution < 1.29 is 4.39 Å². The summed E-state index contributed by atoms with van der Waals surface area (Å²) in [6.07, 6.45) is 0. The van der Waals surface area contributed by atoms with Crippen LogP contribution < -0.4 is 10.0 Å². The Morgan fingerprint density at radius 2 is 2.21 bits per heavy atom. The van der Waals surface area contributed by atoms with Gasteiger partial charge in [0.25, 0.3) is 0 Å². The Morgan fingerprint density at radius 1 is 1.43 bits per heavy atom. The van der Waals surface area contributed by atoms with E-state index in [0.717, 1.165) is 0 Å². The number of benzene rings is 1. The van der Waals surface area contributed by atoms with E-state index in [-0.39, 0.29) is 5.56 Å². The number of thiol groups is 1. The monoisotopic (exact) mass is 211 g/mol. The van der Waals surface area contributed by atoms with E-state index in [0.29, 0.717) is 18.8 Å². The van der Waals surface area contributed by atoms with Crippen LogP contribution in [0.15, 0.2) is 18.2 Å². The van der Waals surface area contributed by atoms with Crippen molar-refractivity contribution in [3.8, 4) is 6.07 Å². The van der Waals surface area contributed by atoms with Gasteiger partial charge in [-0.25, -0.2) is 4.39 Å². The number of anilines is 1. The highest BCUT2D eigenvalue weighted by molar-refractivity contribution is 7.78. The molecular weight excluding hydrogens is 201 g/mol. The molecule has 3 nitrogen and oxygen atoms in total. The van der Waals surface area contributed by atoms with Crippen molar-refractivity contribution in [1.29, 1.82) is 5.26 Å². The van der Waals surface area contributed by atoms with E-state index in [4.69, 9.17) is 5.26 Å². The highest BCUT2D eigenvalue weighted by Gasteiger charge is 2.01. The van der Waals surface area contributed by atoms with Gasteiger partial charge in [0.05, 0.1) is 5.56 Å². The molecule has 1 rings (SSSR count). The fraction of sp³-hybridized carbons (Fsp3) is 0.222. The van der Waals surface area contributed by atoms with E-state index in [9.17, 15) is 4.39 Å². The van der Waals surface area contributed by atoms with Crippen molar-refractivity contribution in [2.45, 2.75) is 0 Å². The Bertz CT molecular complexity index is 348. The third kappa shape index (κ3) is 2.91. The van der Waals surface area contributed by atoms with Crippen LogP contribution in [0.4, 0.5) is 10.1 Å². The summed E-state index contributed by atoms with van der Waals surface area (Å²) in [7, 11) is 0. The van der Waals surface area contributed by atoms with Crippen LogP contribution in [-0.4, -0.2) is 13.1 Å². The molecule has 0 bridgehead atoms. The third-order valence-electron chi connectivity index (χ3n) is 1.66. The summed E-state index contributed by atoms with van der Waals surface area (Å²) in [6, 6.07) is 6.18. The number of halogens is 1. The van der Waals surface area contributed by atoms with Crippen LogP contribution >= 0.6 is 12.8 Å². The van der Waals surface area contributed by atoms with Gasteiger partial charge in [-0.15, -0.1) is 0 Å². The van der Waals surface area contributed by atoms with Gasteiger partial charge in [-0.2, -0.15) is 5.26 Å². The maximum atomic E-state index is 13.1. The topological polar surface area (TPSA) is 47.9 Å². The molecule has 0 saturated heterocycles. The van der Waals surface area contributed by atoms with Crippen LogP contribution in [0.1, 0.15) is 5.56 Å². The lowest BCUT2D eigenvalue weighted by atomic mass is 10.2. The molecule has 2 N–H and O–H groups in total. The molecule has 14 heavy (non-hydrogen) atoms. The Labute approximate surface area is 87.5 Å². The Morgan fingerprint density at radius 3 is 2.79 bits per heavy atom. The van der Waals surface area contributed by atoms with Crippen molar-refractivity contribution in [3.63, 3.8) is 0 Å². The normalized spacial score (nSPS) is 9.50. The summed E-state index contributed by atoms with van der Waals surface area (Å²) >= 11 is 3.81. The van der Waals surface area contributed by atoms with Crippen LogP contribution in [-0.2, 0) is 0 Å². The molecule has 0 aliphatic heterocycles. The van der Waals surface area contributed by atoms with Crippen molar-refractivity contribution in [1.82, 2.24) is 4.72 Å². The molecule has 1 aromatic carbocycles. The highest BCUT2D eigenvalue weighted by Crippen LogP contribution is 2.13. The maximum absolute atomic E-state index is 13.1. The van der Waals surface area contributed by atoms with E-state index in [1.165, 1.54) is 12.1 Å². The van der Waals surface area contributed by atoms with Gasteiger partial charge in [0.1, 0.15) is 11.9 Å². The van der Waals surface area contributed by atoms with Gasteiger partial charge in [-0.05, 0) is 18.2 Å². The molecule has 0 aromatic heterocycles. The first-order valence-corrected chi connectivity index (χ1v) is 4.53. The van der Waals surface area contributed by atoms with Gasteiger partial charge in [0.2, 0.25) is 0 Å². The number of hydrogen-bond donors (Lipinski definition) is 3. The van der Waals surface area contributed by atoms with Crippen molar-refractivity contribution >= 4 is 18.5 Å². The number of nitrogens with one attached hydrogen (secondary N) is 2. The Balaban J connectivity index is 2.63. The number of rotatable bonds is 4. The molecule has 5 heteroatoms. The van der Waals surface area contributed by atoms with Crippen LogP contribution in [0.25, 0.3) is 0 Å². The van der Waals surface area contributed by atoms with E-state index >= 15 is 0 Å². The predicted molar refractivity (Wildman–Crippen MR) is 56.6 cm³/mol. The second-order valence-electron chi connectivity index (χ2n) is 2.64. The summed E-state index contributed by atoms with van der Waals surface area (Å²) in [6.45, 7) is 1.32. The first-order chi connectivity index (χ1) is 6.77. The molecule has 0 fully saturated rings. The average molecular weight is 211 g/mol. The van der Waals surface area contributed by atoms with Gasteiger partial charge >= 0.3 is 0 Å². The highest BCUT2D eigenvalue weighted by atomic mass is 32.1. The van der Waals surface area contributed by atoms with Gasteiger partial charge in [0.15, 0.2) is 0 Å². The first-order valence-electron chi connectivity index (χ1n) is 4.08. The van der Waals surface area contributed by atoms with Crippen LogP contribution in [0.5, 0.6) is 0 Å². The molecule has 0 radical (unpaired) electrons. The molecule has 1 aromatic rings. The van der Waals surface area contributed by atoms with Crippen LogP contribution in [0.2, 0.25) is 0 Å². The zero-order chi connectivity index (χ0) is 10.4. The zero-order valence-electron chi connectivity index (χ0n) is 7.42. The quantitative estimate of drug-likeness (QED) is 0.523. The summed E-state index contributed by atoms with van der Waals surface area (Å²) in [5, 5.41) is 11.5. The Kier molecular flexibility index (Phi) is 4.23. The molecule has 0 aliphatic carbocycles. The third-order valence-corrected chi connectivity index (χ3v) is 1.88. The minimum absolute atomic E-state index is 0.0582. The fourth-order valence-electron chi connectivity index (χ4n) is 0.978. The van der Waals surface area contributed by atoms with Gasteiger partial charge in [0, 0.05) is 18.8 Å². The number of nitriles is 1. The van der Waals surface area contributed by atoms with Crippen LogP contribution in [0.3, 0.4) is 0 Å². The van der Waals surface area contributed by atoms with E-state index in [2.05, 4.69) is 22.9 Å². The summed E-state index contributed by atoms with van der Waals surface area (Å²) in [5.74, 6) is -0.503. The SMILES string of the molecule is N#Cc1ccc(NCCNS)cc1F. The standard InChI is InChI=1S/C9H10FN3S/c10-9-5-8(12-3-4-13-14)2-1-7(9)6-11/h1-2,5,12-14H,3-4H2. The molecule has 0 spiro atoms. The minimum atomic E-state index is -0.503. The van der Waals surface area contributed by atoms with Crippen LogP contribution in [0, 0.1) is 17.1 Å². The molecule has 0 unspecified atom stereocenters. The van der Waals surface area contributed by atoms with Gasteiger partial charge in [-0.1, -0.05) is 12.8 Å². The zero-order valence-corrected chi connectivity index (χ0v) is 8.31. The second-order valence-corrected chi connectivity index (χ2v) is 2.96. The van der Waals surface area contributed by atoms with Gasteiger partial charge < -0.3 is 5.32 Å². The molecule has 0 heterocycles. The van der Waals surface area contributed by atoms with E-state index in [1.54, 1.807) is 12.1 Å². The van der Waals surface area contributed by atoms with Crippen molar-refractivity contribution in [2.24, 2.45) is 0 Å². The molecule has 0 saturated carbocycles. The maximum Gasteiger partial charge on any atom is 0.143 e. The molecule has 74 valence electrons. The molecular formula is C9H10FN3S. The summed E-state index contributed by atoms with van der Waals surface area (Å²) < 4.78 is 15.7. The number of hydrogen-bond acceptors (Lipinski definition) is 4. The first kappa shape index (κ1) is 10.8. The Hall–Kier alpha value is -1.25. The van der Waals surface area contributed by atoms with E-state index < -0.39 is 5.82 Å². The molecule has 0 aliphatic rings. The summed E-state index contributed by atoms with van der Waals surface area (Å²) in [4.78, 5) is 0. The predicted octanol–water partition coefficient (Wildman–Crippen LogP) is 1.54. The lowest BCUT2D eigenvalue weighted by molar-refractivity contribution is 0.624. The average Bonchev–Trinajstić information content (AvgIpc) is 2.18. The molecule has 0 amide bonds. The van der Waals surface area contributed by atoms with E-state index in [1.807, 2.05) is 0 Å². The number of nitrogens with zero attached hydrogens (tertiary/aromatic N) is 1. The van der Waals surface area contributed by atoms with Crippen molar-refractivity contribution in [2.75, 3.05) is 18.4 Å². The largest absolute Gasteiger partial charge is 0.384 e. The van der Waals surface area contributed by atoms with Crippen molar-refractivity contribution in [3.05, 3.63) is 29.6 Å². The lowest BCUT2D eigenvalue weighted by Crippen LogP contribution is -2.14. The second kappa shape index (κ2) is 5.47. The fourth-order valence-corrected chi connectivity index (χ4v) is 1.09. The van der Waals surface area contributed by atoms with Gasteiger partial charge in [-0.3, -0.25) is 4.72 Å².